The highest BCUT2D eigenvalue weighted by molar-refractivity contribution is 7.09. The number of amides is 1. The predicted octanol–water partition coefficient (Wildman–Crippen LogP) is 2.95. The lowest BCUT2D eigenvalue weighted by atomic mass is 9.79. The molecule has 5 heteroatoms. The number of nitrogens with one attached hydrogen (secondary N) is 1. The first-order valence-electron chi connectivity index (χ1n) is 8.28. The first-order chi connectivity index (χ1) is 11.5. The number of carbonyl (C=O) groups is 1. The Morgan fingerprint density at radius 2 is 2.08 bits per heavy atom. The summed E-state index contributed by atoms with van der Waals surface area (Å²) in [5, 5.41) is 16.0. The molecule has 3 atom stereocenters. The van der Waals surface area contributed by atoms with E-state index in [0.717, 1.165) is 18.7 Å². The van der Waals surface area contributed by atoms with Gasteiger partial charge in [-0.15, -0.1) is 11.3 Å². The predicted molar refractivity (Wildman–Crippen MR) is 96.8 cm³/mol. The Bertz CT molecular complexity index is 670. The standard InChI is InChI=1S/C19H24N2O2S/c1-14(22)20-18-17(15-7-4-3-5-8-15)21(11-10-19(18,2)23)13-16-9-6-12-24-16/h3-9,12,17-18,23H,10-11,13H2,1-2H3,(H,20,22)/t17-,18-,19+/m0/s1. The van der Waals surface area contributed by atoms with E-state index in [0.29, 0.717) is 6.42 Å². The molecule has 3 rings (SSSR count). The molecule has 128 valence electrons. The zero-order valence-corrected chi connectivity index (χ0v) is 14.9. The van der Waals surface area contributed by atoms with Crippen LogP contribution in [0.2, 0.25) is 0 Å². The maximum Gasteiger partial charge on any atom is 0.217 e. The highest BCUT2D eigenvalue weighted by Gasteiger charge is 2.45. The maximum atomic E-state index is 11.8. The van der Waals surface area contributed by atoms with Crippen molar-refractivity contribution in [1.29, 1.82) is 0 Å². The van der Waals surface area contributed by atoms with Crippen LogP contribution in [-0.4, -0.2) is 34.1 Å². The Kier molecular flexibility index (Phi) is 5.04. The molecule has 1 aromatic carbocycles. The van der Waals surface area contributed by atoms with Crippen molar-refractivity contribution in [3.63, 3.8) is 0 Å². The molecule has 0 spiro atoms. The van der Waals surface area contributed by atoms with Gasteiger partial charge in [0, 0.05) is 24.9 Å². The fourth-order valence-electron chi connectivity index (χ4n) is 3.50. The molecule has 0 radical (unpaired) electrons. The summed E-state index contributed by atoms with van der Waals surface area (Å²) in [7, 11) is 0. The lowest BCUT2D eigenvalue weighted by Crippen LogP contribution is -2.62. The Balaban J connectivity index is 1.97. The van der Waals surface area contributed by atoms with E-state index in [2.05, 4.69) is 39.9 Å². The second-order valence-electron chi connectivity index (χ2n) is 6.69. The van der Waals surface area contributed by atoms with Crippen molar-refractivity contribution in [3.05, 3.63) is 58.3 Å². The largest absolute Gasteiger partial charge is 0.388 e. The summed E-state index contributed by atoms with van der Waals surface area (Å²) >= 11 is 1.74. The average molecular weight is 344 g/mol. The van der Waals surface area contributed by atoms with Gasteiger partial charge >= 0.3 is 0 Å². The van der Waals surface area contributed by atoms with E-state index in [1.54, 1.807) is 11.3 Å². The van der Waals surface area contributed by atoms with Crippen LogP contribution in [0.1, 0.15) is 36.8 Å². The first-order valence-corrected chi connectivity index (χ1v) is 9.16. The van der Waals surface area contributed by atoms with Crippen molar-refractivity contribution in [2.24, 2.45) is 0 Å². The van der Waals surface area contributed by atoms with Crippen molar-refractivity contribution < 1.29 is 9.90 Å². The normalized spacial score (nSPS) is 27.8. The summed E-state index contributed by atoms with van der Waals surface area (Å²) in [4.78, 5) is 15.4. The molecule has 1 aliphatic heterocycles. The summed E-state index contributed by atoms with van der Waals surface area (Å²) in [6.45, 7) is 4.95. The number of carbonyl (C=O) groups excluding carboxylic acids is 1. The third-order valence-electron chi connectivity index (χ3n) is 4.72. The number of hydrogen-bond donors (Lipinski definition) is 2. The van der Waals surface area contributed by atoms with E-state index in [4.69, 9.17) is 0 Å². The molecule has 4 nitrogen and oxygen atoms in total. The number of benzene rings is 1. The molecule has 0 bridgehead atoms. The highest BCUT2D eigenvalue weighted by atomic mass is 32.1. The molecule has 1 amide bonds. The van der Waals surface area contributed by atoms with Crippen molar-refractivity contribution in [2.75, 3.05) is 6.54 Å². The van der Waals surface area contributed by atoms with Crippen LogP contribution < -0.4 is 5.32 Å². The average Bonchev–Trinajstić information content (AvgIpc) is 3.04. The molecule has 2 N–H and O–H groups in total. The lowest BCUT2D eigenvalue weighted by molar-refractivity contribution is -0.126. The van der Waals surface area contributed by atoms with Gasteiger partial charge in [0.1, 0.15) is 0 Å². The number of piperidine rings is 1. The molecular formula is C19H24N2O2S. The summed E-state index contributed by atoms with van der Waals surface area (Å²) in [5.74, 6) is -0.112. The van der Waals surface area contributed by atoms with Gasteiger partial charge in [-0.05, 0) is 30.4 Å². The van der Waals surface area contributed by atoms with Gasteiger partial charge in [-0.3, -0.25) is 9.69 Å². The van der Waals surface area contributed by atoms with Crippen LogP contribution in [0.15, 0.2) is 47.8 Å². The number of likely N-dealkylation sites (tertiary alicyclic amines) is 1. The highest BCUT2D eigenvalue weighted by Crippen LogP contribution is 2.38. The Hall–Kier alpha value is -1.69. The van der Waals surface area contributed by atoms with Crippen LogP contribution in [0.25, 0.3) is 0 Å². The molecule has 2 heterocycles. The molecule has 1 saturated heterocycles. The van der Waals surface area contributed by atoms with Crippen LogP contribution in [-0.2, 0) is 11.3 Å². The summed E-state index contributed by atoms with van der Waals surface area (Å²) in [6.07, 6.45) is 0.632. The van der Waals surface area contributed by atoms with Crippen LogP contribution in [0.5, 0.6) is 0 Å². The summed E-state index contributed by atoms with van der Waals surface area (Å²) in [6, 6.07) is 13.9. The van der Waals surface area contributed by atoms with E-state index in [1.807, 2.05) is 25.1 Å². The van der Waals surface area contributed by atoms with Gasteiger partial charge in [-0.1, -0.05) is 36.4 Å². The number of aliphatic hydroxyl groups is 1. The minimum absolute atomic E-state index is 0.0547. The van der Waals surface area contributed by atoms with Gasteiger partial charge in [0.15, 0.2) is 0 Å². The van der Waals surface area contributed by atoms with E-state index in [-0.39, 0.29) is 18.0 Å². The van der Waals surface area contributed by atoms with E-state index >= 15 is 0 Å². The fraction of sp³-hybridized carbons (Fsp3) is 0.421. The Morgan fingerprint density at radius 3 is 2.71 bits per heavy atom. The van der Waals surface area contributed by atoms with Gasteiger partial charge in [0.05, 0.1) is 17.7 Å². The first kappa shape index (κ1) is 17.1. The zero-order valence-electron chi connectivity index (χ0n) is 14.1. The Morgan fingerprint density at radius 1 is 1.33 bits per heavy atom. The quantitative estimate of drug-likeness (QED) is 0.897. The van der Waals surface area contributed by atoms with E-state index in [9.17, 15) is 9.90 Å². The third-order valence-corrected chi connectivity index (χ3v) is 5.58. The van der Waals surface area contributed by atoms with Crippen molar-refractivity contribution in [2.45, 2.75) is 44.5 Å². The molecule has 1 aromatic heterocycles. The van der Waals surface area contributed by atoms with Crippen molar-refractivity contribution in [3.8, 4) is 0 Å². The lowest BCUT2D eigenvalue weighted by Gasteiger charge is -2.49. The van der Waals surface area contributed by atoms with Crippen LogP contribution in [0, 0.1) is 0 Å². The second-order valence-corrected chi connectivity index (χ2v) is 7.72. The van der Waals surface area contributed by atoms with E-state index in [1.165, 1.54) is 11.8 Å². The van der Waals surface area contributed by atoms with Crippen molar-refractivity contribution in [1.82, 2.24) is 10.2 Å². The molecule has 0 saturated carbocycles. The van der Waals surface area contributed by atoms with Crippen LogP contribution in [0.3, 0.4) is 0 Å². The second kappa shape index (κ2) is 7.05. The summed E-state index contributed by atoms with van der Waals surface area (Å²) < 4.78 is 0. The van der Waals surface area contributed by atoms with Crippen LogP contribution in [0.4, 0.5) is 0 Å². The molecule has 1 fully saturated rings. The third kappa shape index (κ3) is 3.69. The monoisotopic (exact) mass is 344 g/mol. The topological polar surface area (TPSA) is 52.6 Å². The van der Waals surface area contributed by atoms with Gasteiger partial charge in [0.2, 0.25) is 5.91 Å². The van der Waals surface area contributed by atoms with Gasteiger partial charge in [-0.2, -0.15) is 0 Å². The zero-order chi connectivity index (χ0) is 17.2. The van der Waals surface area contributed by atoms with Crippen molar-refractivity contribution >= 4 is 17.2 Å². The summed E-state index contributed by atoms with van der Waals surface area (Å²) in [5.41, 5.74) is 0.186. The van der Waals surface area contributed by atoms with Crippen LogP contribution >= 0.6 is 11.3 Å². The Labute approximate surface area is 147 Å². The molecular weight excluding hydrogens is 320 g/mol. The molecule has 0 aliphatic carbocycles. The minimum atomic E-state index is -0.932. The van der Waals surface area contributed by atoms with E-state index < -0.39 is 5.60 Å². The number of thiophene rings is 1. The SMILES string of the molecule is CC(=O)N[C@H]1[C@H](c2ccccc2)N(Cc2cccs2)CC[C@@]1(C)O. The minimum Gasteiger partial charge on any atom is -0.388 e. The number of nitrogens with zero attached hydrogens (tertiary/aromatic N) is 1. The maximum absolute atomic E-state index is 11.8. The number of rotatable bonds is 4. The fourth-order valence-corrected chi connectivity index (χ4v) is 4.23. The number of hydrogen-bond acceptors (Lipinski definition) is 4. The molecule has 24 heavy (non-hydrogen) atoms. The van der Waals surface area contributed by atoms with Gasteiger partial charge < -0.3 is 10.4 Å². The van der Waals surface area contributed by atoms with Gasteiger partial charge in [0.25, 0.3) is 0 Å². The smallest absolute Gasteiger partial charge is 0.217 e. The molecule has 0 unspecified atom stereocenters. The van der Waals surface area contributed by atoms with Gasteiger partial charge in [-0.25, -0.2) is 0 Å². The molecule has 2 aromatic rings. The molecule has 1 aliphatic rings.